The van der Waals surface area contributed by atoms with E-state index in [1.165, 1.54) is 42.5 Å². The van der Waals surface area contributed by atoms with E-state index in [4.69, 9.17) is 0 Å². The molecule has 5 nitrogen and oxygen atoms in total. The van der Waals surface area contributed by atoms with Gasteiger partial charge in [0.25, 0.3) is 5.69 Å². The maximum atomic E-state index is 12.7. The number of nitro groups is 1. The highest BCUT2D eigenvalue weighted by Gasteiger charge is 2.12. The zero-order valence-corrected chi connectivity index (χ0v) is 11.5. The van der Waals surface area contributed by atoms with Crippen molar-refractivity contribution >= 4 is 21.6 Å². The number of halogens is 1. The Labute approximate surface area is 120 Å². The molecule has 0 bridgehead atoms. The van der Waals surface area contributed by atoms with Gasteiger partial charge in [-0.25, -0.2) is 12.8 Å². The zero-order valence-electron chi connectivity index (χ0n) is 10.6. The van der Waals surface area contributed by atoms with Gasteiger partial charge in [0.05, 0.1) is 9.82 Å². The molecule has 0 N–H and O–H groups in total. The molecule has 7 heteroatoms. The lowest BCUT2D eigenvalue weighted by Gasteiger charge is -1.99. The zero-order chi connectivity index (χ0) is 15.5. The first-order valence-electron chi connectivity index (χ1n) is 5.82. The smallest absolute Gasteiger partial charge is 0.258 e. The second-order valence-corrected chi connectivity index (χ2v) is 5.98. The first-order valence-corrected chi connectivity index (χ1v) is 7.36. The topological polar surface area (TPSA) is 77.3 Å². The first kappa shape index (κ1) is 14.9. The molecule has 0 spiro atoms. The van der Waals surface area contributed by atoms with Gasteiger partial charge in [0, 0.05) is 17.5 Å². The molecule has 0 aliphatic heterocycles. The Morgan fingerprint density at radius 1 is 1.00 bits per heavy atom. The molecule has 0 saturated carbocycles. The molecule has 0 radical (unpaired) electrons. The molecule has 0 heterocycles. The van der Waals surface area contributed by atoms with Crippen LogP contribution in [0.2, 0.25) is 0 Å². The Bertz CT molecular complexity index is 781. The molecule has 0 atom stereocenters. The minimum atomic E-state index is -3.71. The average molecular weight is 307 g/mol. The van der Waals surface area contributed by atoms with Crippen LogP contribution in [0.5, 0.6) is 0 Å². The van der Waals surface area contributed by atoms with E-state index in [0.29, 0.717) is 5.56 Å². The third kappa shape index (κ3) is 3.73. The van der Waals surface area contributed by atoms with Gasteiger partial charge in [-0.1, -0.05) is 12.1 Å². The van der Waals surface area contributed by atoms with E-state index in [0.717, 1.165) is 17.5 Å². The largest absolute Gasteiger partial charge is 0.269 e. The van der Waals surface area contributed by atoms with Gasteiger partial charge in [-0.15, -0.1) is 0 Å². The maximum absolute atomic E-state index is 12.7. The first-order chi connectivity index (χ1) is 9.88. The summed E-state index contributed by atoms with van der Waals surface area (Å²) in [5, 5.41) is 11.5. The van der Waals surface area contributed by atoms with Crippen molar-refractivity contribution in [2.45, 2.75) is 4.90 Å². The van der Waals surface area contributed by atoms with E-state index < -0.39 is 20.6 Å². The summed E-state index contributed by atoms with van der Waals surface area (Å²) in [6.07, 6.45) is 1.33. The summed E-state index contributed by atoms with van der Waals surface area (Å²) in [6, 6.07) is 9.91. The van der Waals surface area contributed by atoms with Crippen LogP contribution in [0.25, 0.3) is 6.08 Å². The standard InChI is InChI=1S/C14H10FNO4S/c15-12-3-1-11(2-4-12)9-10-21(19,20)14-7-5-13(6-8-14)16(17)18/h1-10H. The molecule has 2 aromatic rings. The number of hydrogen-bond donors (Lipinski definition) is 0. The normalized spacial score (nSPS) is 11.7. The van der Waals surface area contributed by atoms with E-state index >= 15 is 0 Å². The van der Waals surface area contributed by atoms with Gasteiger partial charge in [0.1, 0.15) is 5.82 Å². The van der Waals surface area contributed by atoms with Gasteiger partial charge in [-0.2, -0.15) is 0 Å². The van der Waals surface area contributed by atoms with Crippen molar-refractivity contribution in [3.63, 3.8) is 0 Å². The molecule has 0 aliphatic rings. The van der Waals surface area contributed by atoms with Gasteiger partial charge in [0.15, 0.2) is 9.84 Å². The van der Waals surface area contributed by atoms with E-state index in [1.54, 1.807) is 0 Å². The van der Waals surface area contributed by atoms with Crippen molar-refractivity contribution in [1.29, 1.82) is 0 Å². The van der Waals surface area contributed by atoms with Crippen LogP contribution >= 0.6 is 0 Å². The van der Waals surface area contributed by atoms with Crippen LogP contribution in [0.4, 0.5) is 10.1 Å². The monoisotopic (exact) mass is 307 g/mol. The molecule has 2 rings (SSSR count). The SMILES string of the molecule is O=[N+]([O-])c1ccc(S(=O)(=O)C=Cc2ccc(F)cc2)cc1. The van der Waals surface area contributed by atoms with Crippen molar-refractivity contribution in [3.8, 4) is 0 Å². The number of rotatable bonds is 4. The van der Waals surface area contributed by atoms with Crippen LogP contribution in [-0.2, 0) is 9.84 Å². The summed E-state index contributed by atoms with van der Waals surface area (Å²) in [6.45, 7) is 0. The summed E-state index contributed by atoms with van der Waals surface area (Å²) in [7, 11) is -3.71. The van der Waals surface area contributed by atoms with Crippen LogP contribution < -0.4 is 0 Å². The third-order valence-electron chi connectivity index (χ3n) is 2.69. The number of nitro benzene ring substituents is 1. The van der Waals surface area contributed by atoms with E-state index in [1.807, 2.05) is 0 Å². The van der Waals surface area contributed by atoms with Gasteiger partial charge >= 0.3 is 0 Å². The highest BCUT2D eigenvalue weighted by Crippen LogP contribution is 2.18. The van der Waals surface area contributed by atoms with Crippen LogP contribution in [0.3, 0.4) is 0 Å². The lowest BCUT2D eigenvalue weighted by Crippen LogP contribution is -1.96. The second-order valence-electron chi connectivity index (χ2n) is 4.15. The van der Waals surface area contributed by atoms with Gasteiger partial charge < -0.3 is 0 Å². The van der Waals surface area contributed by atoms with Crippen LogP contribution in [0.1, 0.15) is 5.56 Å². The Morgan fingerprint density at radius 2 is 1.57 bits per heavy atom. The molecule has 0 fully saturated rings. The summed E-state index contributed by atoms with van der Waals surface area (Å²) in [5.41, 5.74) is 0.346. The molecule has 108 valence electrons. The van der Waals surface area contributed by atoms with Gasteiger partial charge in [0.2, 0.25) is 0 Å². The van der Waals surface area contributed by atoms with Crippen LogP contribution in [0, 0.1) is 15.9 Å². The minimum Gasteiger partial charge on any atom is -0.258 e. The molecule has 0 unspecified atom stereocenters. The second kappa shape index (κ2) is 5.84. The van der Waals surface area contributed by atoms with Crippen molar-refractivity contribution in [2.24, 2.45) is 0 Å². The maximum Gasteiger partial charge on any atom is 0.269 e. The van der Waals surface area contributed by atoms with E-state index in [-0.39, 0.29) is 10.6 Å². The van der Waals surface area contributed by atoms with E-state index in [2.05, 4.69) is 0 Å². The molecule has 0 amide bonds. The highest BCUT2D eigenvalue weighted by atomic mass is 32.2. The van der Waals surface area contributed by atoms with Crippen LogP contribution in [0.15, 0.2) is 58.8 Å². The number of non-ortho nitro benzene ring substituents is 1. The Morgan fingerprint density at radius 3 is 2.10 bits per heavy atom. The van der Waals surface area contributed by atoms with Crippen molar-refractivity contribution < 1.29 is 17.7 Å². The Balaban J connectivity index is 2.25. The fourth-order valence-electron chi connectivity index (χ4n) is 1.58. The molecule has 0 aromatic heterocycles. The van der Waals surface area contributed by atoms with Gasteiger partial charge in [-0.3, -0.25) is 10.1 Å². The predicted octanol–water partition coefficient (Wildman–Crippen LogP) is 3.18. The molecule has 2 aromatic carbocycles. The molecular weight excluding hydrogens is 297 g/mol. The molecule has 0 saturated heterocycles. The quantitative estimate of drug-likeness (QED) is 0.642. The van der Waals surface area contributed by atoms with Gasteiger partial charge in [-0.05, 0) is 35.9 Å². The molecule has 21 heavy (non-hydrogen) atoms. The van der Waals surface area contributed by atoms with Crippen molar-refractivity contribution in [3.05, 3.63) is 75.4 Å². The average Bonchev–Trinajstić information content (AvgIpc) is 2.47. The predicted molar refractivity (Wildman–Crippen MR) is 75.7 cm³/mol. The van der Waals surface area contributed by atoms with E-state index in [9.17, 15) is 22.9 Å². The number of sulfone groups is 1. The summed E-state index contributed by atoms with van der Waals surface area (Å²) < 4.78 is 36.8. The van der Waals surface area contributed by atoms with Crippen LogP contribution in [-0.4, -0.2) is 13.3 Å². The number of hydrogen-bond acceptors (Lipinski definition) is 4. The third-order valence-corrected chi connectivity index (χ3v) is 4.11. The Hall–Kier alpha value is -2.54. The minimum absolute atomic E-state index is 0.0496. The molecular formula is C14H10FNO4S. The summed E-state index contributed by atoms with van der Waals surface area (Å²) in [4.78, 5) is 9.86. The van der Waals surface area contributed by atoms with Crippen molar-refractivity contribution in [1.82, 2.24) is 0 Å². The lowest BCUT2D eigenvalue weighted by molar-refractivity contribution is -0.384. The highest BCUT2D eigenvalue weighted by molar-refractivity contribution is 7.94. The molecule has 0 aliphatic carbocycles. The summed E-state index contributed by atoms with van der Waals surface area (Å²) in [5.74, 6) is -0.412. The fourth-order valence-corrected chi connectivity index (χ4v) is 2.59. The van der Waals surface area contributed by atoms with Crippen molar-refractivity contribution in [2.75, 3.05) is 0 Å². The lowest BCUT2D eigenvalue weighted by atomic mass is 10.2. The number of benzene rings is 2. The fraction of sp³-hybridized carbons (Fsp3) is 0. The summed E-state index contributed by atoms with van der Waals surface area (Å²) >= 11 is 0. The Kier molecular flexibility index (Phi) is 4.13. The number of nitrogens with zero attached hydrogens (tertiary/aromatic N) is 1.